The Balaban J connectivity index is 1.86. The first-order chi connectivity index (χ1) is 12.4. The predicted octanol–water partition coefficient (Wildman–Crippen LogP) is 5.60. The van der Waals surface area contributed by atoms with Gasteiger partial charge in [0.2, 0.25) is 0 Å². The standard InChI is InChI=1S/C24H26Si2/c1-25(2,21-11-6-5-7-12-21)26(3,4)22-16-17-24-20(18-22)15-14-19-10-8-9-13-23(19)24/h5-18H,1-4H3. The van der Waals surface area contributed by atoms with Crippen LogP contribution in [0.1, 0.15) is 0 Å². The maximum absolute atomic E-state index is 2.56. The van der Waals surface area contributed by atoms with Crippen LogP contribution in [0.25, 0.3) is 21.5 Å². The first-order valence-electron chi connectivity index (χ1n) is 9.39. The van der Waals surface area contributed by atoms with Gasteiger partial charge in [0.1, 0.15) is 0 Å². The number of fused-ring (bicyclic) bond motifs is 3. The van der Waals surface area contributed by atoms with Crippen LogP contribution in [0.3, 0.4) is 0 Å². The molecule has 0 saturated carbocycles. The summed E-state index contributed by atoms with van der Waals surface area (Å²) in [5.41, 5.74) is 0. The van der Waals surface area contributed by atoms with Crippen molar-refractivity contribution < 1.29 is 0 Å². The molecule has 130 valence electrons. The van der Waals surface area contributed by atoms with E-state index in [0.717, 1.165) is 0 Å². The van der Waals surface area contributed by atoms with Gasteiger partial charge in [-0.05, 0) is 21.5 Å². The Morgan fingerprint density at radius 2 is 1.04 bits per heavy atom. The predicted molar refractivity (Wildman–Crippen MR) is 122 cm³/mol. The molecule has 26 heavy (non-hydrogen) atoms. The summed E-state index contributed by atoms with van der Waals surface area (Å²) in [4.78, 5) is 0. The van der Waals surface area contributed by atoms with Gasteiger partial charge in [-0.2, -0.15) is 0 Å². The van der Waals surface area contributed by atoms with Crippen LogP contribution in [0, 0.1) is 0 Å². The van der Waals surface area contributed by atoms with Crippen molar-refractivity contribution in [1.29, 1.82) is 0 Å². The summed E-state index contributed by atoms with van der Waals surface area (Å²) in [5.74, 6) is 0. The average Bonchev–Trinajstić information content (AvgIpc) is 2.68. The zero-order valence-corrected chi connectivity index (χ0v) is 18.1. The smallest absolute Gasteiger partial charge is 0.0671 e. The van der Waals surface area contributed by atoms with Crippen LogP contribution in [0.5, 0.6) is 0 Å². The Morgan fingerprint density at radius 1 is 0.462 bits per heavy atom. The molecule has 0 nitrogen and oxygen atoms in total. The Labute approximate surface area is 158 Å². The van der Waals surface area contributed by atoms with E-state index in [9.17, 15) is 0 Å². The third-order valence-corrected chi connectivity index (χ3v) is 24.3. The van der Waals surface area contributed by atoms with E-state index in [1.165, 1.54) is 21.5 Å². The zero-order valence-electron chi connectivity index (χ0n) is 16.1. The van der Waals surface area contributed by atoms with Crippen molar-refractivity contribution in [1.82, 2.24) is 0 Å². The number of rotatable bonds is 3. The fourth-order valence-electron chi connectivity index (χ4n) is 3.98. The molecule has 0 aliphatic carbocycles. The Kier molecular flexibility index (Phi) is 4.13. The van der Waals surface area contributed by atoms with Crippen molar-refractivity contribution in [3.63, 3.8) is 0 Å². The molecule has 2 heteroatoms. The Bertz CT molecular complexity index is 1080. The van der Waals surface area contributed by atoms with E-state index in [4.69, 9.17) is 0 Å². The summed E-state index contributed by atoms with van der Waals surface area (Å²) in [6.07, 6.45) is 0. The van der Waals surface area contributed by atoms with Gasteiger partial charge >= 0.3 is 0 Å². The zero-order chi connectivity index (χ0) is 18.4. The minimum Gasteiger partial charge on any atom is -0.0671 e. The molecular weight excluding hydrogens is 344 g/mol. The first-order valence-corrected chi connectivity index (χ1v) is 16.4. The van der Waals surface area contributed by atoms with Gasteiger partial charge in [0.15, 0.2) is 0 Å². The van der Waals surface area contributed by atoms with E-state index >= 15 is 0 Å². The van der Waals surface area contributed by atoms with Gasteiger partial charge in [-0.1, -0.05) is 121 Å². The van der Waals surface area contributed by atoms with Gasteiger partial charge < -0.3 is 0 Å². The van der Waals surface area contributed by atoms with Gasteiger partial charge in [-0.15, -0.1) is 0 Å². The van der Waals surface area contributed by atoms with E-state index in [0.29, 0.717) is 0 Å². The van der Waals surface area contributed by atoms with Crippen LogP contribution in [-0.4, -0.2) is 15.2 Å². The van der Waals surface area contributed by atoms with E-state index < -0.39 is 15.2 Å². The van der Waals surface area contributed by atoms with E-state index in [1.54, 1.807) is 10.4 Å². The van der Waals surface area contributed by atoms with Crippen LogP contribution in [0.2, 0.25) is 26.2 Å². The first kappa shape index (κ1) is 17.3. The molecule has 0 spiro atoms. The summed E-state index contributed by atoms with van der Waals surface area (Å²) in [5, 5.41) is 8.59. The van der Waals surface area contributed by atoms with Crippen molar-refractivity contribution in [2.75, 3.05) is 0 Å². The largest absolute Gasteiger partial charge is 0.0791 e. The van der Waals surface area contributed by atoms with Gasteiger partial charge in [0.25, 0.3) is 0 Å². The number of benzene rings is 4. The molecule has 4 aromatic rings. The molecule has 0 heterocycles. The molecule has 4 rings (SSSR count). The van der Waals surface area contributed by atoms with Crippen LogP contribution in [-0.2, 0) is 0 Å². The Hall–Kier alpha value is -2.17. The Morgan fingerprint density at radius 3 is 1.81 bits per heavy atom. The minimum absolute atomic E-state index is 1.32. The summed E-state index contributed by atoms with van der Waals surface area (Å²) < 4.78 is 0. The summed E-state index contributed by atoms with van der Waals surface area (Å²) in [7, 11) is -3.14. The second-order valence-corrected chi connectivity index (χ2v) is 23.5. The highest BCUT2D eigenvalue weighted by Gasteiger charge is 2.43. The summed E-state index contributed by atoms with van der Waals surface area (Å²) >= 11 is 0. The molecule has 0 bridgehead atoms. The van der Waals surface area contributed by atoms with Gasteiger partial charge in [0.05, 0.1) is 15.2 Å². The highest BCUT2D eigenvalue weighted by Crippen LogP contribution is 2.26. The number of hydrogen-bond acceptors (Lipinski definition) is 0. The molecule has 0 aromatic heterocycles. The minimum atomic E-state index is -1.59. The molecule has 0 saturated heterocycles. The van der Waals surface area contributed by atoms with Crippen molar-refractivity contribution in [3.05, 3.63) is 84.9 Å². The van der Waals surface area contributed by atoms with Crippen LogP contribution in [0.4, 0.5) is 0 Å². The fourth-order valence-corrected chi connectivity index (χ4v) is 12.8. The van der Waals surface area contributed by atoms with Crippen LogP contribution < -0.4 is 10.4 Å². The maximum atomic E-state index is 2.56. The summed E-state index contributed by atoms with van der Waals surface area (Å²) in [6, 6.07) is 31.7. The molecule has 0 amide bonds. The molecule has 0 aliphatic heterocycles. The van der Waals surface area contributed by atoms with Crippen molar-refractivity contribution in [2.45, 2.75) is 26.2 Å². The second-order valence-electron chi connectivity index (χ2n) is 8.34. The lowest BCUT2D eigenvalue weighted by Crippen LogP contribution is -2.69. The van der Waals surface area contributed by atoms with Crippen LogP contribution >= 0.6 is 0 Å². The quantitative estimate of drug-likeness (QED) is 0.325. The van der Waals surface area contributed by atoms with Crippen LogP contribution in [0.15, 0.2) is 84.9 Å². The molecule has 4 aromatic carbocycles. The number of hydrogen-bond donors (Lipinski definition) is 0. The summed E-state index contributed by atoms with van der Waals surface area (Å²) in [6.45, 7) is 10.2. The molecule has 0 aliphatic rings. The van der Waals surface area contributed by atoms with E-state index in [1.807, 2.05) is 0 Å². The van der Waals surface area contributed by atoms with Crippen molar-refractivity contribution in [3.8, 4) is 0 Å². The SMILES string of the molecule is C[Si](C)(c1ccccc1)[Si](C)(C)c1ccc2c(ccc3ccccc32)c1. The monoisotopic (exact) mass is 370 g/mol. The van der Waals surface area contributed by atoms with Gasteiger partial charge in [0, 0.05) is 0 Å². The van der Waals surface area contributed by atoms with Crippen molar-refractivity contribution in [2.24, 2.45) is 0 Å². The van der Waals surface area contributed by atoms with E-state index in [2.05, 4.69) is 111 Å². The fraction of sp³-hybridized carbons (Fsp3) is 0.167. The average molecular weight is 371 g/mol. The molecule has 0 atom stereocenters. The lowest BCUT2D eigenvalue weighted by atomic mass is 10.0. The topological polar surface area (TPSA) is 0 Å². The van der Waals surface area contributed by atoms with Crippen molar-refractivity contribution >= 4 is 47.1 Å². The maximum Gasteiger partial charge on any atom is 0.0791 e. The highest BCUT2D eigenvalue weighted by atomic mass is 29.3. The van der Waals surface area contributed by atoms with Gasteiger partial charge in [-0.25, -0.2) is 0 Å². The lowest BCUT2D eigenvalue weighted by molar-refractivity contribution is 1.69. The lowest BCUT2D eigenvalue weighted by Gasteiger charge is -2.39. The van der Waals surface area contributed by atoms with E-state index in [-0.39, 0.29) is 0 Å². The molecular formula is C24H26Si2. The van der Waals surface area contributed by atoms with Gasteiger partial charge in [-0.3, -0.25) is 0 Å². The molecule has 0 N–H and O–H groups in total. The second kappa shape index (κ2) is 6.22. The normalized spacial score (nSPS) is 12.6. The molecule has 0 unspecified atom stereocenters. The third-order valence-electron chi connectivity index (χ3n) is 6.52. The highest BCUT2D eigenvalue weighted by molar-refractivity contribution is 7.50. The molecule has 0 radical (unpaired) electrons. The molecule has 0 fully saturated rings. The third kappa shape index (κ3) is 2.65.